The van der Waals surface area contributed by atoms with Crippen LogP contribution in [0.5, 0.6) is 11.5 Å². The third-order valence-electron chi connectivity index (χ3n) is 5.83. The van der Waals surface area contributed by atoms with Crippen LogP contribution in [0.25, 0.3) is 22.3 Å². The molecule has 0 saturated heterocycles. The summed E-state index contributed by atoms with van der Waals surface area (Å²) in [6.45, 7) is 7.72. The first-order valence-electron chi connectivity index (χ1n) is 12.7. The summed E-state index contributed by atoms with van der Waals surface area (Å²) >= 11 is 0. The molecule has 4 aromatic rings. The Labute approximate surface area is 227 Å². The second-order valence-corrected chi connectivity index (χ2v) is 9.97. The van der Waals surface area contributed by atoms with E-state index in [1.807, 2.05) is 57.2 Å². The summed E-state index contributed by atoms with van der Waals surface area (Å²) in [6, 6.07) is 13.0. The van der Waals surface area contributed by atoms with Crippen molar-refractivity contribution in [2.24, 2.45) is 0 Å². The van der Waals surface area contributed by atoms with Crippen LogP contribution in [0.4, 0.5) is 5.82 Å². The van der Waals surface area contributed by atoms with Crippen molar-refractivity contribution in [1.29, 1.82) is 0 Å². The van der Waals surface area contributed by atoms with E-state index in [1.165, 1.54) is 0 Å². The van der Waals surface area contributed by atoms with Gasteiger partial charge in [0.25, 0.3) is 0 Å². The average Bonchev–Trinajstić information content (AvgIpc) is 3.38. The van der Waals surface area contributed by atoms with E-state index in [-0.39, 0.29) is 17.7 Å². The zero-order chi connectivity index (χ0) is 27.8. The van der Waals surface area contributed by atoms with Crippen molar-refractivity contribution in [2.75, 3.05) is 46.0 Å². The molecule has 0 spiro atoms. The molecule has 2 aromatic carbocycles. The molecule has 1 N–H and O–H groups in total. The fraction of sp³-hybridized carbons (Fsp3) is 0.379. The van der Waals surface area contributed by atoms with Crippen LogP contribution >= 0.6 is 0 Å². The van der Waals surface area contributed by atoms with Gasteiger partial charge in [-0.2, -0.15) is 0 Å². The first-order chi connectivity index (χ1) is 18.8. The Hall–Kier alpha value is -4.02. The zero-order valence-corrected chi connectivity index (χ0v) is 22.9. The van der Waals surface area contributed by atoms with Gasteiger partial charge in [-0.1, -0.05) is 50.2 Å². The number of nitrogens with one attached hydrogen (secondary N) is 1. The molecule has 0 bridgehead atoms. The number of hydrogen-bond donors (Lipinski definition) is 1. The maximum atomic E-state index is 12.5. The number of benzene rings is 2. The minimum Gasteiger partial charge on any atom is -0.487 e. The Morgan fingerprint density at radius 1 is 0.897 bits per heavy atom. The van der Waals surface area contributed by atoms with Crippen molar-refractivity contribution >= 4 is 22.8 Å². The van der Waals surface area contributed by atoms with Crippen molar-refractivity contribution in [3.05, 3.63) is 60.0 Å². The number of fused-ring (bicyclic) bond motifs is 1. The second-order valence-electron chi connectivity index (χ2n) is 9.97. The van der Waals surface area contributed by atoms with Gasteiger partial charge in [0, 0.05) is 43.4 Å². The van der Waals surface area contributed by atoms with Crippen molar-refractivity contribution in [2.45, 2.75) is 32.6 Å². The minimum absolute atomic E-state index is 0.175. The number of rotatable bonds is 12. The summed E-state index contributed by atoms with van der Waals surface area (Å²) in [5.41, 5.74) is 3.60. The fourth-order valence-corrected chi connectivity index (χ4v) is 3.71. The smallest absolute Gasteiger partial charge is 0.230 e. The molecule has 0 saturated carbocycles. The third kappa shape index (κ3) is 7.52. The molecule has 10 nitrogen and oxygen atoms in total. The van der Waals surface area contributed by atoms with Gasteiger partial charge in [-0.15, -0.1) is 0 Å². The van der Waals surface area contributed by atoms with Crippen LogP contribution in [0, 0.1) is 0 Å². The standard InChI is InChI=1S/C29H34N4O6/c1-29(2,3)26-17-27(33-39-26)32-28(34)14-19-6-8-20(9-7-19)23-18-30-21-15-24(37-12-10-35-4)25(16-22(21)31-23)38-13-11-36-5/h6-9,15-18H,10-14H2,1-5H3,(H,32,33,34). The highest BCUT2D eigenvalue weighted by molar-refractivity contribution is 5.91. The quantitative estimate of drug-likeness (QED) is 0.255. The summed E-state index contributed by atoms with van der Waals surface area (Å²) in [5.74, 6) is 2.07. The van der Waals surface area contributed by atoms with E-state index in [2.05, 4.69) is 15.5 Å². The van der Waals surface area contributed by atoms with Crippen molar-refractivity contribution in [3.8, 4) is 22.8 Å². The van der Waals surface area contributed by atoms with Crippen LogP contribution in [0.2, 0.25) is 0 Å². The molecule has 2 heterocycles. The Morgan fingerprint density at radius 3 is 2.13 bits per heavy atom. The van der Waals surface area contributed by atoms with Gasteiger partial charge in [0.15, 0.2) is 17.3 Å². The van der Waals surface area contributed by atoms with Crippen LogP contribution in [-0.4, -0.2) is 61.7 Å². The van der Waals surface area contributed by atoms with Gasteiger partial charge < -0.3 is 28.8 Å². The van der Waals surface area contributed by atoms with E-state index in [1.54, 1.807) is 26.5 Å². The monoisotopic (exact) mass is 534 g/mol. The van der Waals surface area contributed by atoms with Gasteiger partial charge in [0.1, 0.15) is 19.0 Å². The van der Waals surface area contributed by atoms with Crippen LogP contribution in [0.1, 0.15) is 32.1 Å². The number of ether oxygens (including phenoxy) is 4. The highest BCUT2D eigenvalue weighted by atomic mass is 16.5. The Morgan fingerprint density at radius 2 is 1.54 bits per heavy atom. The van der Waals surface area contributed by atoms with Crippen LogP contribution in [0.3, 0.4) is 0 Å². The lowest BCUT2D eigenvalue weighted by Crippen LogP contribution is -2.14. The van der Waals surface area contributed by atoms with Gasteiger partial charge in [-0.3, -0.25) is 9.78 Å². The third-order valence-corrected chi connectivity index (χ3v) is 5.83. The number of nitrogens with zero attached hydrogens (tertiary/aromatic N) is 3. The number of methoxy groups -OCH3 is 2. The predicted octanol–water partition coefficient (Wildman–Crippen LogP) is 4.81. The summed E-state index contributed by atoms with van der Waals surface area (Å²) in [5, 5.41) is 6.73. The number of hydrogen-bond acceptors (Lipinski definition) is 9. The van der Waals surface area contributed by atoms with Crippen molar-refractivity contribution in [3.63, 3.8) is 0 Å². The largest absolute Gasteiger partial charge is 0.487 e. The molecule has 0 aliphatic carbocycles. The summed E-state index contributed by atoms with van der Waals surface area (Å²) in [7, 11) is 3.24. The van der Waals surface area contributed by atoms with Gasteiger partial charge in [0.05, 0.1) is 42.6 Å². The fourth-order valence-electron chi connectivity index (χ4n) is 3.71. The van der Waals surface area contributed by atoms with E-state index >= 15 is 0 Å². The molecule has 206 valence electrons. The molecule has 10 heteroatoms. The lowest BCUT2D eigenvalue weighted by Gasteiger charge is -2.14. The SMILES string of the molecule is COCCOc1cc2ncc(-c3ccc(CC(=O)Nc4cc(C(C)(C)C)on4)cc3)nc2cc1OCCOC. The molecule has 0 aliphatic rings. The Kier molecular flexibility index (Phi) is 9.11. The normalized spacial score (nSPS) is 11.5. The van der Waals surface area contributed by atoms with Gasteiger partial charge in [-0.25, -0.2) is 4.98 Å². The molecular formula is C29H34N4O6. The second kappa shape index (κ2) is 12.7. The highest BCUT2D eigenvalue weighted by Gasteiger charge is 2.20. The molecule has 1 amide bonds. The number of aromatic nitrogens is 3. The Bertz CT molecular complexity index is 1400. The molecule has 4 rings (SSSR count). The maximum absolute atomic E-state index is 12.5. The number of carbonyl (C=O) groups excluding carboxylic acids is 1. The van der Waals surface area contributed by atoms with Crippen LogP contribution in [0.15, 0.2) is 53.2 Å². The molecular weight excluding hydrogens is 500 g/mol. The van der Waals surface area contributed by atoms with Crippen LogP contribution < -0.4 is 14.8 Å². The lowest BCUT2D eigenvalue weighted by atomic mass is 9.93. The number of amides is 1. The number of carbonyl (C=O) groups is 1. The first kappa shape index (κ1) is 28.0. The molecule has 0 atom stereocenters. The topological polar surface area (TPSA) is 118 Å². The summed E-state index contributed by atoms with van der Waals surface area (Å²) in [6.07, 6.45) is 1.92. The van der Waals surface area contributed by atoms with Crippen LogP contribution in [-0.2, 0) is 26.1 Å². The van der Waals surface area contributed by atoms with E-state index in [0.717, 1.165) is 11.1 Å². The van der Waals surface area contributed by atoms with E-state index in [4.69, 9.17) is 28.5 Å². The van der Waals surface area contributed by atoms with E-state index in [0.29, 0.717) is 66.2 Å². The molecule has 0 radical (unpaired) electrons. The Balaban J connectivity index is 1.46. The molecule has 39 heavy (non-hydrogen) atoms. The highest BCUT2D eigenvalue weighted by Crippen LogP contribution is 2.32. The molecule has 0 fully saturated rings. The predicted molar refractivity (Wildman–Crippen MR) is 147 cm³/mol. The maximum Gasteiger partial charge on any atom is 0.230 e. The average molecular weight is 535 g/mol. The molecule has 0 unspecified atom stereocenters. The minimum atomic E-state index is -0.184. The van der Waals surface area contributed by atoms with E-state index in [9.17, 15) is 4.79 Å². The van der Waals surface area contributed by atoms with Gasteiger partial charge in [-0.05, 0) is 5.56 Å². The first-order valence-corrected chi connectivity index (χ1v) is 12.7. The lowest BCUT2D eigenvalue weighted by molar-refractivity contribution is -0.115. The molecule has 2 aromatic heterocycles. The van der Waals surface area contributed by atoms with E-state index < -0.39 is 0 Å². The van der Waals surface area contributed by atoms with Crippen molar-refractivity contribution < 1.29 is 28.3 Å². The van der Waals surface area contributed by atoms with Gasteiger partial charge in [0.2, 0.25) is 5.91 Å². The number of anilines is 1. The zero-order valence-electron chi connectivity index (χ0n) is 22.9. The summed E-state index contributed by atoms with van der Waals surface area (Å²) < 4.78 is 27.2. The summed E-state index contributed by atoms with van der Waals surface area (Å²) in [4.78, 5) is 21.9. The molecule has 0 aliphatic heterocycles. The van der Waals surface area contributed by atoms with Crippen molar-refractivity contribution in [1.82, 2.24) is 15.1 Å². The van der Waals surface area contributed by atoms with Gasteiger partial charge >= 0.3 is 0 Å².